The molecule has 1 unspecified atom stereocenters. The van der Waals surface area contributed by atoms with Crippen LogP contribution in [0.25, 0.3) is 11.0 Å². The van der Waals surface area contributed by atoms with Crippen LogP contribution in [0.4, 0.5) is 35.2 Å². The number of alkyl halides is 3. The Labute approximate surface area is 194 Å². The van der Waals surface area contributed by atoms with Crippen molar-refractivity contribution in [1.82, 2.24) is 14.9 Å². The lowest BCUT2D eigenvalue weighted by Gasteiger charge is -2.38. The average molecular weight is 474 g/mol. The molecule has 2 aromatic heterocycles. The molecule has 2 aliphatic rings. The zero-order valence-electron chi connectivity index (χ0n) is 18.4. The number of halogens is 3. The first kappa shape index (κ1) is 22.5. The molecule has 8 nitrogen and oxygen atoms in total. The minimum atomic E-state index is -4.42. The van der Waals surface area contributed by atoms with Crippen LogP contribution in [0.1, 0.15) is 12.0 Å². The van der Waals surface area contributed by atoms with Crippen molar-refractivity contribution in [2.75, 3.05) is 54.9 Å². The number of benzene rings is 1. The molecule has 3 N–H and O–H groups in total. The molecule has 2 amide bonds. The zero-order chi connectivity index (χ0) is 23.7. The quantitative estimate of drug-likeness (QED) is 0.529. The van der Waals surface area contributed by atoms with Crippen LogP contribution in [-0.2, 0) is 10.9 Å². The molecule has 5 rings (SSSR count). The van der Waals surface area contributed by atoms with Gasteiger partial charge in [0.2, 0.25) is 0 Å². The van der Waals surface area contributed by atoms with Crippen LogP contribution in [0.5, 0.6) is 0 Å². The number of ether oxygens (including phenoxy) is 1. The summed E-state index contributed by atoms with van der Waals surface area (Å²) in [5.41, 5.74) is 1.36. The van der Waals surface area contributed by atoms with E-state index >= 15 is 0 Å². The lowest BCUT2D eigenvalue weighted by atomic mass is 10.2. The van der Waals surface area contributed by atoms with Crippen molar-refractivity contribution in [2.24, 2.45) is 0 Å². The number of aromatic amines is 1. The second-order valence-electron chi connectivity index (χ2n) is 8.46. The maximum atomic E-state index is 12.7. The fraction of sp³-hybridized carbons (Fsp3) is 0.391. The van der Waals surface area contributed by atoms with Crippen molar-refractivity contribution in [3.8, 4) is 0 Å². The van der Waals surface area contributed by atoms with E-state index in [1.807, 2.05) is 12.1 Å². The van der Waals surface area contributed by atoms with Crippen LogP contribution in [-0.4, -0.2) is 66.3 Å². The topological polar surface area (TPSA) is 85.5 Å². The van der Waals surface area contributed by atoms with E-state index in [-0.39, 0.29) is 5.69 Å². The highest BCUT2D eigenvalue weighted by atomic mass is 19.4. The van der Waals surface area contributed by atoms with Crippen LogP contribution in [0.3, 0.4) is 0 Å². The average Bonchev–Trinajstić information content (AvgIpc) is 3.49. The Hall–Kier alpha value is -3.31. The van der Waals surface area contributed by atoms with E-state index in [0.29, 0.717) is 17.2 Å². The molecule has 0 aliphatic carbocycles. The van der Waals surface area contributed by atoms with E-state index in [4.69, 9.17) is 9.72 Å². The second kappa shape index (κ2) is 9.15. The number of hydrogen-bond donors (Lipinski definition) is 3. The summed E-state index contributed by atoms with van der Waals surface area (Å²) in [6.45, 7) is 5.24. The van der Waals surface area contributed by atoms with Crippen molar-refractivity contribution in [3.05, 3.63) is 48.2 Å². The number of rotatable bonds is 4. The molecule has 1 aromatic carbocycles. The summed E-state index contributed by atoms with van der Waals surface area (Å²) in [7, 11) is 0. The van der Waals surface area contributed by atoms with E-state index in [2.05, 4.69) is 25.4 Å². The molecule has 0 bridgehead atoms. The third kappa shape index (κ3) is 4.80. The SMILES string of the molecule is O=C(Nc1ccc(C(F)(F)F)cc1)Nc1c[nH]c2ccc(N3CCN(C4CCOC4)CC3)nc12. The zero-order valence-corrected chi connectivity index (χ0v) is 18.4. The highest BCUT2D eigenvalue weighted by molar-refractivity contribution is 6.05. The number of amides is 2. The largest absolute Gasteiger partial charge is 0.416 e. The minimum absolute atomic E-state index is 0.254. The lowest BCUT2D eigenvalue weighted by Crippen LogP contribution is -2.50. The number of pyridine rings is 1. The van der Waals surface area contributed by atoms with Crippen LogP contribution >= 0.6 is 0 Å². The number of fused-ring (bicyclic) bond motifs is 1. The molecule has 2 aliphatic heterocycles. The number of anilines is 3. The molecule has 1 atom stereocenters. The molecule has 3 aromatic rings. The normalized spacial score (nSPS) is 19.5. The summed E-state index contributed by atoms with van der Waals surface area (Å²) < 4.78 is 43.7. The van der Waals surface area contributed by atoms with Crippen LogP contribution < -0.4 is 15.5 Å². The number of carbonyl (C=O) groups excluding carboxylic acids is 1. The van der Waals surface area contributed by atoms with Gasteiger partial charge >= 0.3 is 12.2 Å². The van der Waals surface area contributed by atoms with Gasteiger partial charge in [0.15, 0.2) is 0 Å². The maximum absolute atomic E-state index is 12.7. The van der Waals surface area contributed by atoms with Gasteiger partial charge in [0.05, 0.1) is 23.4 Å². The first-order chi connectivity index (χ1) is 16.4. The van der Waals surface area contributed by atoms with E-state index in [9.17, 15) is 18.0 Å². The third-order valence-corrected chi connectivity index (χ3v) is 6.29. The molecule has 180 valence electrons. The monoisotopic (exact) mass is 474 g/mol. The van der Waals surface area contributed by atoms with Crippen molar-refractivity contribution in [1.29, 1.82) is 0 Å². The van der Waals surface area contributed by atoms with Gasteiger partial charge in [0.1, 0.15) is 11.3 Å². The molecule has 2 saturated heterocycles. The van der Waals surface area contributed by atoms with E-state index in [0.717, 1.165) is 69.3 Å². The van der Waals surface area contributed by atoms with E-state index < -0.39 is 17.8 Å². The predicted octanol–water partition coefficient (Wildman–Crippen LogP) is 4.14. The van der Waals surface area contributed by atoms with E-state index in [1.165, 1.54) is 12.1 Å². The maximum Gasteiger partial charge on any atom is 0.416 e. The van der Waals surface area contributed by atoms with Gasteiger partial charge in [0.25, 0.3) is 0 Å². The van der Waals surface area contributed by atoms with Crippen LogP contribution in [0, 0.1) is 0 Å². The lowest BCUT2D eigenvalue weighted by molar-refractivity contribution is -0.137. The number of piperazine rings is 1. The highest BCUT2D eigenvalue weighted by Crippen LogP contribution is 2.30. The van der Waals surface area contributed by atoms with Gasteiger partial charge in [-0.3, -0.25) is 4.90 Å². The van der Waals surface area contributed by atoms with Gasteiger partial charge in [0, 0.05) is 50.7 Å². The second-order valence-corrected chi connectivity index (χ2v) is 8.46. The Bertz CT molecular complexity index is 1150. The number of aromatic nitrogens is 2. The van der Waals surface area contributed by atoms with Gasteiger partial charge < -0.3 is 25.3 Å². The van der Waals surface area contributed by atoms with Crippen molar-refractivity contribution < 1.29 is 22.7 Å². The summed E-state index contributed by atoms with van der Waals surface area (Å²) >= 11 is 0. The van der Waals surface area contributed by atoms with Gasteiger partial charge in [-0.1, -0.05) is 0 Å². The molecular weight excluding hydrogens is 449 g/mol. The molecule has 2 fully saturated rings. The molecule has 4 heterocycles. The fourth-order valence-electron chi connectivity index (χ4n) is 4.41. The van der Waals surface area contributed by atoms with E-state index in [1.54, 1.807) is 6.20 Å². The molecule has 11 heteroatoms. The summed E-state index contributed by atoms with van der Waals surface area (Å²) in [5, 5.41) is 5.27. The number of urea groups is 1. The fourth-order valence-corrected chi connectivity index (χ4v) is 4.41. The van der Waals surface area contributed by atoms with Crippen LogP contribution in [0.2, 0.25) is 0 Å². The van der Waals surface area contributed by atoms with Crippen molar-refractivity contribution in [3.63, 3.8) is 0 Å². The summed E-state index contributed by atoms with van der Waals surface area (Å²) in [6, 6.07) is 8.09. The van der Waals surface area contributed by atoms with Gasteiger partial charge in [-0.2, -0.15) is 13.2 Å². The molecule has 0 saturated carbocycles. The molecule has 0 spiro atoms. The van der Waals surface area contributed by atoms with Gasteiger partial charge in [-0.25, -0.2) is 9.78 Å². The Morgan fingerprint density at radius 3 is 2.50 bits per heavy atom. The minimum Gasteiger partial charge on any atom is -0.380 e. The number of nitrogens with one attached hydrogen (secondary N) is 3. The standard InChI is InChI=1S/C23H25F3N6O2/c24-23(25,26)15-1-3-16(4-2-15)28-22(33)29-19-13-27-18-5-6-20(30-21(18)19)32-10-8-31(9-11-32)17-7-12-34-14-17/h1-6,13,17,27H,7-12,14H2,(H2,28,29,33). The molecular formula is C23H25F3N6O2. The molecule has 34 heavy (non-hydrogen) atoms. The first-order valence-electron chi connectivity index (χ1n) is 11.2. The predicted molar refractivity (Wildman–Crippen MR) is 123 cm³/mol. The number of nitrogens with zero attached hydrogens (tertiary/aromatic N) is 3. The Balaban J connectivity index is 1.24. The molecule has 0 radical (unpaired) electrons. The smallest absolute Gasteiger partial charge is 0.380 e. The van der Waals surface area contributed by atoms with Crippen molar-refractivity contribution in [2.45, 2.75) is 18.6 Å². The number of H-pyrrole nitrogens is 1. The Kier molecular flexibility index (Phi) is 6.05. The highest BCUT2D eigenvalue weighted by Gasteiger charge is 2.30. The number of hydrogen-bond acceptors (Lipinski definition) is 5. The van der Waals surface area contributed by atoms with Gasteiger partial charge in [-0.15, -0.1) is 0 Å². The Morgan fingerprint density at radius 1 is 1.06 bits per heavy atom. The third-order valence-electron chi connectivity index (χ3n) is 6.29. The Morgan fingerprint density at radius 2 is 1.82 bits per heavy atom. The van der Waals surface area contributed by atoms with Crippen LogP contribution in [0.15, 0.2) is 42.6 Å². The van der Waals surface area contributed by atoms with Crippen molar-refractivity contribution >= 4 is 34.3 Å². The summed E-state index contributed by atoms with van der Waals surface area (Å²) in [6.07, 6.45) is -1.70. The van der Waals surface area contributed by atoms with Gasteiger partial charge in [-0.05, 0) is 42.8 Å². The number of carbonyl (C=O) groups is 1. The first-order valence-corrected chi connectivity index (χ1v) is 11.2. The summed E-state index contributed by atoms with van der Waals surface area (Å²) in [4.78, 5) is 25.0. The summed E-state index contributed by atoms with van der Waals surface area (Å²) in [5.74, 6) is 0.834.